The topological polar surface area (TPSA) is 0 Å². The van der Waals surface area contributed by atoms with Crippen molar-refractivity contribution >= 4 is 43.1 Å². The molecule has 0 amide bonds. The first-order valence-electron chi connectivity index (χ1n) is 4.41. The van der Waals surface area contributed by atoms with Gasteiger partial charge in [-0.3, -0.25) is 0 Å². The van der Waals surface area contributed by atoms with Crippen LogP contribution in [0.15, 0.2) is 42.5 Å². The van der Waals surface area contributed by atoms with E-state index < -0.39 is 0 Å². The molecular formula is C12H7ClS. The van der Waals surface area contributed by atoms with Crippen molar-refractivity contribution in [1.82, 2.24) is 0 Å². The third kappa shape index (κ3) is 1.13. The second-order valence-corrected chi connectivity index (χ2v) is 4.76. The van der Waals surface area contributed by atoms with Crippen molar-refractivity contribution < 1.29 is 0 Å². The first kappa shape index (κ1) is 8.27. The first-order chi connectivity index (χ1) is 6.84. The Morgan fingerprint density at radius 2 is 1.64 bits per heavy atom. The highest BCUT2D eigenvalue weighted by molar-refractivity contribution is 7.25. The minimum absolute atomic E-state index is 0.809. The molecule has 0 aliphatic heterocycles. The van der Waals surface area contributed by atoms with Gasteiger partial charge in [0.15, 0.2) is 0 Å². The van der Waals surface area contributed by atoms with E-state index in [4.69, 9.17) is 11.6 Å². The van der Waals surface area contributed by atoms with Gasteiger partial charge in [-0.2, -0.15) is 0 Å². The van der Waals surface area contributed by atoms with E-state index in [0.717, 1.165) is 5.02 Å². The highest BCUT2D eigenvalue weighted by Crippen LogP contribution is 2.34. The Hall–Kier alpha value is -1.05. The van der Waals surface area contributed by atoms with Gasteiger partial charge in [-0.1, -0.05) is 35.9 Å². The van der Waals surface area contributed by atoms with Gasteiger partial charge in [-0.15, -0.1) is 11.3 Å². The Kier molecular flexibility index (Phi) is 1.76. The molecule has 0 saturated carbocycles. The second-order valence-electron chi connectivity index (χ2n) is 3.24. The van der Waals surface area contributed by atoms with Gasteiger partial charge in [0, 0.05) is 25.2 Å². The van der Waals surface area contributed by atoms with Crippen LogP contribution in [0.2, 0.25) is 5.02 Å². The van der Waals surface area contributed by atoms with Gasteiger partial charge in [-0.05, 0) is 18.2 Å². The maximum Gasteiger partial charge on any atom is 0.0420 e. The van der Waals surface area contributed by atoms with Crippen LogP contribution in [0.1, 0.15) is 0 Å². The van der Waals surface area contributed by atoms with Crippen LogP contribution in [0.5, 0.6) is 0 Å². The molecule has 68 valence electrons. The average Bonchev–Trinajstić information content (AvgIpc) is 2.54. The van der Waals surface area contributed by atoms with Crippen LogP contribution in [-0.4, -0.2) is 0 Å². The van der Waals surface area contributed by atoms with Crippen molar-refractivity contribution in [1.29, 1.82) is 0 Å². The van der Waals surface area contributed by atoms with Gasteiger partial charge < -0.3 is 0 Å². The van der Waals surface area contributed by atoms with Crippen molar-refractivity contribution in [2.45, 2.75) is 0 Å². The molecule has 0 fully saturated rings. The summed E-state index contributed by atoms with van der Waals surface area (Å²) in [4.78, 5) is 0. The minimum atomic E-state index is 0.809. The lowest BCUT2D eigenvalue weighted by Crippen LogP contribution is -1.65. The number of hydrogen-bond donors (Lipinski definition) is 0. The molecule has 0 saturated heterocycles. The molecule has 3 aromatic rings. The molecule has 14 heavy (non-hydrogen) atoms. The maximum absolute atomic E-state index is 5.95. The quantitative estimate of drug-likeness (QED) is 0.513. The summed E-state index contributed by atoms with van der Waals surface area (Å²) < 4.78 is 2.59. The van der Waals surface area contributed by atoms with E-state index in [1.54, 1.807) is 11.3 Å². The van der Waals surface area contributed by atoms with Crippen LogP contribution in [0.4, 0.5) is 0 Å². The Morgan fingerprint density at radius 1 is 0.857 bits per heavy atom. The summed E-state index contributed by atoms with van der Waals surface area (Å²) in [7, 11) is 0. The van der Waals surface area contributed by atoms with E-state index in [1.165, 1.54) is 20.2 Å². The Balaban J connectivity index is 2.57. The molecule has 0 nitrogen and oxygen atoms in total. The number of hydrogen-bond acceptors (Lipinski definition) is 1. The molecule has 1 heterocycles. The molecule has 0 spiro atoms. The van der Waals surface area contributed by atoms with Gasteiger partial charge in [0.05, 0.1) is 0 Å². The van der Waals surface area contributed by atoms with Crippen LogP contribution in [0.3, 0.4) is 0 Å². The SMILES string of the molecule is Clc1ccc2c(c1)sc1ccccc12. The van der Waals surface area contributed by atoms with Crippen molar-refractivity contribution in [2.24, 2.45) is 0 Å². The molecule has 1 aromatic heterocycles. The summed E-state index contributed by atoms with van der Waals surface area (Å²) in [6.07, 6.45) is 0. The predicted molar refractivity (Wildman–Crippen MR) is 64.3 cm³/mol. The molecule has 0 unspecified atom stereocenters. The molecule has 0 radical (unpaired) electrons. The Bertz CT molecular complexity index is 610. The highest BCUT2D eigenvalue weighted by atomic mass is 35.5. The molecule has 0 atom stereocenters. The molecule has 3 rings (SSSR count). The zero-order chi connectivity index (χ0) is 9.54. The second kappa shape index (κ2) is 2.97. The molecule has 0 bridgehead atoms. The number of benzene rings is 2. The summed E-state index contributed by atoms with van der Waals surface area (Å²) in [6, 6.07) is 14.5. The van der Waals surface area contributed by atoms with Gasteiger partial charge in [-0.25, -0.2) is 0 Å². The molecule has 0 aliphatic carbocycles. The van der Waals surface area contributed by atoms with E-state index in [-0.39, 0.29) is 0 Å². The van der Waals surface area contributed by atoms with E-state index in [9.17, 15) is 0 Å². The smallest absolute Gasteiger partial charge is 0.0420 e. The van der Waals surface area contributed by atoms with Gasteiger partial charge in [0.25, 0.3) is 0 Å². The summed E-state index contributed by atoms with van der Waals surface area (Å²) in [5.74, 6) is 0. The Labute approximate surface area is 90.7 Å². The third-order valence-corrected chi connectivity index (χ3v) is 3.71. The number of fused-ring (bicyclic) bond motifs is 3. The van der Waals surface area contributed by atoms with E-state index in [2.05, 4.69) is 30.3 Å². The van der Waals surface area contributed by atoms with Crippen LogP contribution in [-0.2, 0) is 0 Å². The fraction of sp³-hybridized carbons (Fsp3) is 0. The van der Waals surface area contributed by atoms with Gasteiger partial charge in [0.1, 0.15) is 0 Å². The van der Waals surface area contributed by atoms with Crippen molar-refractivity contribution in [2.75, 3.05) is 0 Å². The summed E-state index contributed by atoms with van der Waals surface area (Å²) in [6.45, 7) is 0. The fourth-order valence-corrected chi connectivity index (χ4v) is 3.08. The summed E-state index contributed by atoms with van der Waals surface area (Å²) in [5.41, 5.74) is 0. The highest BCUT2D eigenvalue weighted by Gasteiger charge is 2.03. The monoisotopic (exact) mass is 218 g/mol. The lowest BCUT2D eigenvalue weighted by atomic mass is 10.2. The average molecular weight is 219 g/mol. The van der Waals surface area contributed by atoms with Crippen LogP contribution < -0.4 is 0 Å². The number of thiophene rings is 1. The standard InChI is InChI=1S/C12H7ClS/c13-8-5-6-10-9-3-1-2-4-11(9)14-12(10)7-8/h1-7H. The van der Waals surface area contributed by atoms with Crippen LogP contribution >= 0.6 is 22.9 Å². The zero-order valence-electron chi connectivity index (χ0n) is 7.33. The van der Waals surface area contributed by atoms with E-state index in [1.807, 2.05) is 12.1 Å². The van der Waals surface area contributed by atoms with Gasteiger partial charge >= 0.3 is 0 Å². The molecule has 0 aliphatic rings. The molecule has 0 N–H and O–H groups in total. The molecule has 2 aromatic carbocycles. The fourth-order valence-electron chi connectivity index (χ4n) is 1.70. The molecule has 2 heteroatoms. The first-order valence-corrected chi connectivity index (χ1v) is 5.61. The van der Waals surface area contributed by atoms with E-state index >= 15 is 0 Å². The third-order valence-electron chi connectivity index (χ3n) is 2.34. The number of halogens is 1. The zero-order valence-corrected chi connectivity index (χ0v) is 8.90. The number of rotatable bonds is 0. The van der Waals surface area contributed by atoms with E-state index in [0.29, 0.717) is 0 Å². The van der Waals surface area contributed by atoms with Gasteiger partial charge in [0.2, 0.25) is 0 Å². The molecular weight excluding hydrogens is 212 g/mol. The lowest BCUT2D eigenvalue weighted by Gasteiger charge is -1.90. The maximum atomic E-state index is 5.95. The van der Waals surface area contributed by atoms with Crippen LogP contribution in [0.25, 0.3) is 20.2 Å². The predicted octanol–water partition coefficient (Wildman–Crippen LogP) is 4.71. The van der Waals surface area contributed by atoms with Crippen LogP contribution in [0, 0.1) is 0 Å². The largest absolute Gasteiger partial charge is 0.135 e. The normalized spacial score (nSPS) is 11.2. The lowest BCUT2D eigenvalue weighted by molar-refractivity contribution is 1.84. The van der Waals surface area contributed by atoms with Crippen molar-refractivity contribution in [3.63, 3.8) is 0 Å². The summed E-state index contributed by atoms with van der Waals surface area (Å²) >= 11 is 7.74. The van der Waals surface area contributed by atoms with Crippen molar-refractivity contribution in [3.8, 4) is 0 Å². The minimum Gasteiger partial charge on any atom is -0.135 e. The van der Waals surface area contributed by atoms with Crippen molar-refractivity contribution in [3.05, 3.63) is 47.5 Å². The Morgan fingerprint density at radius 3 is 2.57 bits per heavy atom. The summed E-state index contributed by atoms with van der Waals surface area (Å²) in [5, 5.41) is 3.43.